The number of hydrogen-bond acceptors (Lipinski definition) is 3. The molecule has 1 aromatic carbocycles. The van der Waals surface area contributed by atoms with Crippen molar-refractivity contribution in [3.8, 4) is 11.3 Å². The molecule has 4 heteroatoms. The molecule has 1 heterocycles. The molecular formula is C16H23N3O. The minimum atomic E-state index is -0.0512. The SMILES string of the molecule is COCCc1ccc(-c2cnc(C(N)C(C)C)[nH]2)cc1. The maximum absolute atomic E-state index is 6.10. The molecule has 1 unspecified atom stereocenters. The molecule has 0 bridgehead atoms. The van der Waals surface area contributed by atoms with E-state index < -0.39 is 0 Å². The maximum atomic E-state index is 6.10. The quantitative estimate of drug-likeness (QED) is 0.850. The van der Waals surface area contributed by atoms with Crippen molar-refractivity contribution in [1.82, 2.24) is 9.97 Å². The second kappa shape index (κ2) is 6.68. The monoisotopic (exact) mass is 273 g/mol. The molecular weight excluding hydrogens is 250 g/mol. The number of ether oxygens (including phenoxy) is 1. The van der Waals surface area contributed by atoms with Crippen LogP contribution in [-0.4, -0.2) is 23.7 Å². The number of aromatic nitrogens is 2. The van der Waals surface area contributed by atoms with Gasteiger partial charge in [0.05, 0.1) is 24.5 Å². The first kappa shape index (κ1) is 14.8. The molecule has 3 N–H and O–H groups in total. The van der Waals surface area contributed by atoms with Gasteiger partial charge < -0.3 is 15.5 Å². The molecule has 2 rings (SSSR count). The zero-order valence-corrected chi connectivity index (χ0v) is 12.4. The number of H-pyrrole nitrogens is 1. The molecule has 0 amide bonds. The van der Waals surface area contributed by atoms with E-state index in [1.807, 2.05) is 6.20 Å². The summed E-state index contributed by atoms with van der Waals surface area (Å²) in [6.45, 7) is 4.94. The largest absolute Gasteiger partial charge is 0.384 e. The summed E-state index contributed by atoms with van der Waals surface area (Å²) in [5, 5.41) is 0. The van der Waals surface area contributed by atoms with Crippen LogP contribution in [0.4, 0.5) is 0 Å². The first-order chi connectivity index (χ1) is 9.61. The third-order valence-corrected chi connectivity index (χ3v) is 3.49. The lowest BCUT2D eigenvalue weighted by atomic mass is 10.1. The van der Waals surface area contributed by atoms with Crippen molar-refractivity contribution in [2.75, 3.05) is 13.7 Å². The average molecular weight is 273 g/mol. The number of aromatic amines is 1. The van der Waals surface area contributed by atoms with Crippen LogP contribution in [0.15, 0.2) is 30.5 Å². The molecule has 1 aromatic heterocycles. The van der Waals surface area contributed by atoms with Gasteiger partial charge in [-0.15, -0.1) is 0 Å². The Labute approximate surface area is 120 Å². The molecule has 4 nitrogen and oxygen atoms in total. The Hall–Kier alpha value is -1.65. The van der Waals surface area contributed by atoms with Crippen molar-refractivity contribution in [3.63, 3.8) is 0 Å². The van der Waals surface area contributed by atoms with Gasteiger partial charge >= 0.3 is 0 Å². The lowest BCUT2D eigenvalue weighted by Gasteiger charge is -2.12. The predicted molar refractivity (Wildman–Crippen MR) is 81.4 cm³/mol. The first-order valence-electron chi connectivity index (χ1n) is 7.00. The zero-order chi connectivity index (χ0) is 14.5. The van der Waals surface area contributed by atoms with Crippen LogP contribution in [0.3, 0.4) is 0 Å². The van der Waals surface area contributed by atoms with Crippen molar-refractivity contribution in [2.24, 2.45) is 11.7 Å². The number of benzene rings is 1. The summed E-state index contributed by atoms with van der Waals surface area (Å²) in [5.41, 5.74) is 9.51. The van der Waals surface area contributed by atoms with Gasteiger partial charge in [-0.2, -0.15) is 0 Å². The van der Waals surface area contributed by atoms with Crippen LogP contribution >= 0.6 is 0 Å². The molecule has 0 fully saturated rings. The Bertz CT molecular complexity index is 531. The lowest BCUT2D eigenvalue weighted by molar-refractivity contribution is 0.202. The number of hydrogen-bond donors (Lipinski definition) is 2. The number of nitrogens with one attached hydrogen (secondary N) is 1. The number of methoxy groups -OCH3 is 1. The molecule has 0 spiro atoms. The van der Waals surface area contributed by atoms with E-state index in [4.69, 9.17) is 10.5 Å². The number of nitrogens with zero attached hydrogens (tertiary/aromatic N) is 1. The highest BCUT2D eigenvalue weighted by Gasteiger charge is 2.14. The van der Waals surface area contributed by atoms with Gasteiger partial charge in [0, 0.05) is 7.11 Å². The molecule has 0 aliphatic heterocycles. The van der Waals surface area contributed by atoms with Crippen molar-refractivity contribution < 1.29 is 4.74 Å². The van der Waals surface area contributed by atoms with Crippen LogP contribution in [0.1, 0.15) is 31.3 Å². The van der Waals surface area contributed by atoms with Crippen molar-refractivity contribution >= 4 is 0 Å². The fraction of sp³-hybridized carbons (Fsp3) is 0.438. The molecule has 2 aromatic rings. The predicted octanol–water partition coefficient (Wildman–Crippen LogP) is 2.92. The molecule has 0 saturated heterocycles. The highest BCUT2D eigenvalue weighted by Crippen LogP contribution is 2.22. The van der Waals surface area contributed by atoms with E-state index >= 15 is 0 Å². The molecule has 0 radical (unpaired) electrons. The normalized spacial score (nSPS) is 12.8. The Morgan fingerprint density at radius 2 is 1.95 bits per heavy atom. The van der Waals surface area contributed by atoms with Crippen LogP contribution in [0, 0.1) is 5.92 Å². The number of imidazole rings is 1. The third-order valence-electron chi connectivity index (χ3n) is 3.49. The summed E-state index contributed by atoms with van der Waals surface area (Å²) in [7, 11) is 1.72. The van der Waals surface area contributed by atoms with E-state index in [-0.39, 0.29) is 6.04 Å². The van der Waals surface area contributed by atoms with E-state index in [0.29, 0.717) is 5.92 Å². The molecule has 20 heavy (non-hydrogen) atoms. The minimum Gasteiger partial charge on any atom is -0.384 e. The minimum absolute atomic E-state index is 0.0512. The summed E-state index contributed by atoms with van der Waals surface area (Å²) < 4.78 is 5.08. The van der Waals surface area contributed by atoms with Gasteiger partial charge in [0.1, 0.15) is 5.82 Å². The van der Waals surface area contributed by atoms with Crippen molar-refractivity contribution in [2.45, 2.75) is 26.3 Å². The fourth-order valence-corrected chi connectivity index (χ4v) is 2.04. The molecule has 0 aliphatic rings. The summed E-state index contributed by atoms with van der Waals surface area (Å²) in [5.74, 6) is 1.21. The molecule has 0 saturated carbocycles. The van der Waals surface area contributed by atoms with Gasteiger partial charge in [0.2, 0.25) is 0 Å². The Morgan fingerprint density at radius 1 is 1.25 bits per heavy atom. The Morgan fingerprint density at radius 3 is 2.55 bits per heavy atom. The highest BCUT2D eigenvalue weighted by atomic mass is 16.5. The molecule has 0 aliphatic carbocycles. The van der Waals surface area contributed by atoms with Gasteiger partial charge in [-0.1, -0.05) is 38.1 Å². The topological polar surface area (TPSA) is 63.9 Å². The van der Waals surface area contributed by atoms with E-state index in [0.717, 1.165) is 30.1 Å². The summed E-state index contributed by atoms with van der Waals surface area (Å²) in [6, 6.07) is 8.39. The number of rotatable bonds is 6. The van der Waals surface area contributed by atoms with Gasteiger partial charge in [0.25, 0.3) is 0 Å². The smallest absolute Gasteiger partial charge is 0.123 e. The molecule has 108 valence electrons. The van der Waals surface area contributed by atoms with E-state index in [1.54, 1.807) is 7.11 Å². The average Bonchev–Trinajstić information content (AvgIpc) is 2.94. The Balaban J connectivity index is 2.12. The second-order valence-corrected chi connectivity index (χ2v) is 5.39. The number of nitrogens with two attached hydrogens (primary N) is 1. The first-order valence-corrected chi connectivity index (χ1v) is 7.00. The van der Waals surface area contributed by atoms with Gasteiger partial charge in [-0.3, -0.25) is 0 Å². The molecule has 1 atom stereocenters. The Kier molecular flexibility index (Phi) is 4.93. The summed E-state index contributed by atoms with van der Waals surface area (Å²) >= 11 is 0. The van der Waals surface area contributed by atoms with Gasteiger partial charge in [-0.05, 0) is 23.5 Å². The van der Waals surface area contributed by atoms with Crippen LogP contribution in [-0.2, 0) is 11.2 Å². The lowest BCUT2D eigenvalue weighted by Crippen LogP contribution is -2.18. The van der Waals surface area contributed by atoms with Crippen LogP contribution in [0.2, 0.25) is 0 Å². The zero-order valence-electron chi connectivity index (χ0n) is 12.4. The van der Waals surface area contributed by atoms with Gasteiger partial charge in [0.15, 0.2) is 0 Å². The van der Waals surface area contributed by atoms with Crippen LogP contribution < -0.4 is 5.73 Å². The van der Waals surface area contributed by atoms with E-state index in [9.17, 15) is 0 Å². The van der Waals surface area contributed by atoms with Gasteiger partial charge in [-0.25, -0.2) is 4.98 Å². The maximum Gasteiger partial charge on any atom is 0.123 e. The second-order valence-electron chi connectivity index (χ2n) is 5.39. The van der Waals surface area contributed by atoms with Crippen molar-refractivity contribution in [3.05, 3.63) is 41.9 Å². The van der Waals surface area contributed by atoms with Crippen LogP contribution in [0.25, 0.3) is 11.3 Å². The summed E-state index contributed by atoms with van der Waals surface area (Å²) in [6.07, 6.45) is 2.78. The highest BCUT2D eigenvalue weighted by molar-refractivity contribution is 5.58. The standard InChI is InChI=1S/C16H23N3O/c1-11(2)15(17)16-18-10-14(19-16)13-6-4-12(5-7-13)8-9-20-3/h4-7,10-11,15H,8-9,17H2,1-3H3,(H,18,19). The van der Waals surface area contributed by atoms with E-state index in [1.165, 1.54) is 5.56 Å². The fourth-order valence-electron chi connectivity index (χ4n) is 2.04. The summed E-state index contributed by atoms with van der Waals surface area (Å²) in [4.78, 5) is 7.70. The van der Waals surface area contributed by atoms with E-state index in [2.05, 4.69) is 48.1 Å². The van der Waals surface area contributed by atoms with Crippen LogP contribution in [0.5, 0.6) is 0 Å². The van der Waals surface area contributed by atoms with Crippen molar-refractivity contribution in [1.29, 1.82) is 0 Å². The third kappa shape index (κ3) is 3.46.